The standard InChI is InChI=1S/C28H22O9/c1-35-23-11-15(7-9-25(31)32)18(13-20(23)29)27-17-5-3-4-6-22(17)37-28(27)19-14-21(30)24(36-2)12-16(19)8-10-26(33)34/h3-14,29-30H,1-2H3,(H,31,32)(H,33,34)/b9-7+,10-8+. The molecule has 4 rings (SSSR count). The second-order valence-corrected chi connectivity index (χ2v) is 7.87. The van der Waals surface area contributed by atoms with Gasteiger partial charge in [-0.1, -0.05) is 18.2 Å². The van der Waals surface area contributed by atoms with E-state index < -0.39 is 11.9 Å². The van der Waals surface area contributed by atoms with Crippen LogP contribution in [0.25, 0.3) is 45.6 Å². The molecule has 0 atom stereocenters. The molecule has 4 N–H and O–H groups in total. The normalized spacial score (nSPS) is 11.4. The molecule has 0 saturated carbocycles. The average Bonchev–Trinajstić information content (AvgIpc) is 3.25. The fourth-order valence-corrected chi connectivity index (χ4v) is 4.01. The molecule has 0 saturated heterocycles. The Bertz CT molecular complexity index is 1570. The molecule has 0 radical (unpaired) electrons. The van der Waals surface area contributed by atoms with Gasteiger partial charge >= 0.3 is 11.9 Å². The molecule has 9 heteroatoms. The van der Waals surface area contributed by atoms with Crippen LogP contribution in [0.4, 0.5) is 0 Å². The quantitative estimate of drug-likeness (QED) is 0.233. The van der Waals surface area contributed by atoms with Crippen LogP contribution in [0.15, 0.2) is 65.1 Å². The summed E-state index contributed by atoms with van der Waals surface area (Å²) in [7, 11) is 2.74. The van der Waals surface area contributed by atoms with Gasteiger partial charge in [-0.3, -0.25) is 0 Å². The van der Waals surface area contributed by atoms with Crippen molar-refractivity contribution in [1.82, 2.24) is 0 Å². The lowest BCUT2D eigenvalue weighted by molar-refractivity contribution is -0.132. The summed E-state index contributed by atoms with van der Waals surface area (Å²) in [5.74, 6) is -2.24. The number of carboxylic acid groups (broad SMARTS) is 2. The minimum atomic E-state index is -1.18. The van der Waals surface area contributed by atoms with Gasteiger partial charge in [0.25, 0.3) is 0 Å². The fourth-order valence-electron chi connectivity index (χ4n) is 4.01. The van der Waals surface area contributed by atoms with Crippen molar-refractivity contribution >= 4 is 35.1 Å². The second kappa shape index (κ2) is 10.2. The van der Waals surface area contributed by atoms with Gasteiger partial charge in [0.05, 0.1) is 14.2 Å². The van der Waals surface area contributed by atoms with Crippen molar-refractivity contribution in [3.05, 3.63) is 71.8 Å². The molecule has 0 fully saturated rings. The lowest BCUT2D eigenvalue weighted by atomic mass is 9.92. The van der Waals surface area contributed by atoms with Crippen LogP contribution in [-0.2, 0) is 9.59 Å². The maximum atomic E-state index is 11.3. The summed E-state index contributed by atoms with van der Waals surface area (Å²) in [5, 5.41) is 40.2. The number of para-hydroxylation sites is 1. The molecule has 37 heavy (non-hydrogen) atoms. The minimum absolute atomic E-state index is 0.124. The Hall–Kier alpha value is -5.18. The molecular formula is C28H22O9. The predicted molar refractivity (Wildman–Crippen MR) is 137 cm³/mol. The van der Waals surface area contributed by atoms with E-state index in [9.17, 15) is 30.0 Å². The molecule has 0 aliphatic carbocycles. The summed E-state index contributed by atoms with van der Waals surface area (Å²) >= 11 is 0. The first-order chi connectivity index (χ1) is 17.7. The van der Waals surface area contributed by atoms with Crippen molar-refractivity contribution in [3.63, 3.8) is 0 Å². The summed E-state index contributed by atoms with van der Waals surface area (Å²) in [6.07, 6.45) is 4.60. The molecule has 0 unspecified atom stereocenters. The fraction of sp³-hybridized carbons (Fsp3) is 0.0714. The third-order valence-corrected chi connectivity index (χ3v) is 5.62. The Morgan fingerprint density at radius 3 is 1.84 bits per heavy atom. The second-order valence-electron chi connectivity index (χ2n) is 7.87. The van der Waals surface area contributed by atoms with Crippen LogP contribution in [0.2, 0.25) is 0 Å². The molecule has 0 spiro atoms. The lowest BCUT2D eigenvalue weighted by Crippen LogP contribution is -1.94. The first kappa shape index (κ1) is 24.9. The van der Waals surface area contributed by atoms with E-state index in [0.717, 1.165) is 12.2 Å². The number of phenols is 2. The highest BCUT2D eigenvalue weighted by atomic mass is 16.5. The summed E-state index contributed by atoms with van der Waals surface area (Å²) in [6.45, 7) is 0. The summed E-state index contributed by atoms with van der Waals surface area (Å²) in [5.41, 5.74) is 2.49. The predicted octanol–water partition coefficient (Wildman–Crippen LogP) is 5.39. The number of carboxylic acids is 2. The van der Waals surface area contributed by atoms with Gasteiger partial charge < -0.3 is 34.3 Å². The van der Waals surface area contributed by atoms with Crippen molar-refractivity contribution in [2.45, 2.75) is 0 Å². The maximum absolute atomic E-state index is 11.3. The average molecular weight is 502 g/mol. The smallest absolute Gasteiger partial charge is 0.328 e. The van der Waals surface area contributed by atoms with Crippen LogP contribution in [0, 0.1) is 0 Å². The number of aliphatic carboxylic acids is 2. The monoisotopic (exact) mass is 502 g/mol. The maximum Gasteiger partial charge on any atom is 0.328 e. The van der Waals surface area contributed by atoms with E-state index in [2.05, 4.69) is 0 Å². The summed E-state index contributed by atoms with van der Waals surface area (Å²) in [4.78, 5) is 22.5. The Labute approximate surface area is 210 Å². The van der Waals surface area contributed by atoms with Crippen LogP contribution < -0.4 is 9.47 Å². The number of hydrogen-bond acceptors (Lipinski definition) is 7. The van der Waals surface area contributed by atoms with Crippen LogP contribution in [-0.4, -0.2) is 46.6 Å². The lowest BCUT2D eigenvalue weighted by Gasteiger charge is -2.14. The number of carbonyl (C=O) groups is 2. The Kier molecular flexibility index (Phi) is 6.88. The number of rotatable bonds is 8. The number of fused-ring (bicyclic) bond motifs is 1. The molecule has 4 aromatic rings. The highest BCUT2D eigenvalue weighted by Crippen LogP contribution is 2.47. The largest absolute Gasteiger partial charge is 0.504 e. The zero-order valence-corrected chi connectivity index (χ0v) is 19.8. The number of aromatic hydroxyl groups is 2. The van der Waals surface area contributed by atoms with Gasteiger partial charge in [0, 0.05) is 28.7 Å². The highest BCUT2D eigenvalue weighted by Gasteiger charge is 2.24. The zero-order valence-electron chi connectivity index (χ0n) is 19.8. The van der Waals surface area contributed by atoms with Crippen molar-refractivity contribution in [2.75, 3.05) is 14.2 Å². The summed E-state index contributed by atoms with van der Waals surface area (Å²) in [6, 6.07) is 12.9. The van der Waals surface area contributed by atoms with Gasteiger partial charge in [-0.2, -0.15) is 0 Å². The Morgan fingerprint density at radius 1 is 0.784 bits per heavy atom. The van der Waals surface area contributed by atoms with Gasteiger partial charge in [0.15, 0.2) is 23.0 Å². The van der Waals surface area contributed by atoms with Crippen LogP contribution in [0.3, 0.4) is 0 Å². The topological polar surface area (TPSA) is 147 Å². The summed E-state index contributed by atoms with van der Waals surface area (Å²) < 4.78 is 16.6. The molecule has 0 amide bonds. The molecule has 0 aliphatic rings. The van der Waals surface area contributed by atoms with Gasteiger partial charge in [0.2, 0.25) is 0 Å². The van der Waals surface area contributed by atoms with E-state index in [-0.39, 0.29) is 28.8 Å². The van der Waals surface area contributed by atoms with E-state index in [0.29, 0.717) is 38.8 Å². The van der Waals surface area contributed by atoms with Gasteiger partial charge in [-0.05, 0) is 59.2 Å². The van der Waals surface area contributed by atoms with Gasteiger partial charge in [0.1, 0.15) is 11.3 Å². The molecular weight excluding hydrogens is 480 g/mol. The molecule has 0 bridgehead atoms. The number of ether oxygens (including phenoxy) is 2. The molecule has 3 aromatic carbocycles. The number of benzene rings is 3. The van der Waals surface area contributed by atoms with E-state index >= 15 is 0 Å². The van der Waals surface area contributed by atoms with Crippen LogP contribution in [0.1, 0.15) is 11.1 Å². The van der Waals surface area contributed by atoms with Gasteiger partial charge in [-0.25, -0.2) is 9.59 Å². The third kappa shape index (κ3) is 4.96. The number of furan rings is 1. The number of phenolic OH excluding ortho intramolecular Hbond substituents is 2. The third-order valence-electron chi connectivity index (χ3n) is 5.62. The van der Waals surface area contributed by atoms with Crippen LogP contribution in [0.5, 0.6) is 23.0 Å². The van der Waals surface area contributed by atoms with Gasteiger partial charge in [-0.15, -0.1) is 0 Å². The first-order valence-corrected chi connectivity index (χ1v) is 10.9. The van der Waals surface area contributed by atoms with E-state index in [4.69, 9.17) is 13.9 Å². The number of methoxy groups -OCH3 is 2. The Balaban J connectivity index is 2.11. The highest BCUT2D eigenvalue weighted by molar-refractivity contribution is 6.05. The van der Waals surface area contributed by atoms with Crippen molar-refractivity contribution in [1.29, 1.82) is 0 Å². The van der Waals surface area contributed by atoms with E-state index in [1.807, 2.05) is 0 Å². The van der Waals surface area contributed by atoms with Crippen molar-refractivity contribution in [2.24, 2.45) is 0 Å². The van der Waals surface area contributed by atoms with E-state index in [1.165, 1.54) is 50.6 Å². The SMILES string of the molecule is COc1cc(/C=C/C(=O)O)c(-c2oc3ccccc3c2-c2cc(O)c(OC)cc2/C=C/C(=O)O)cc1O. The minimum Gasteiger partial charge on any atom is -0.504 e. The zero-order chi connectivity index (χ0) is 26.7. The molecule has 9 nitrogen and oxygen atoms in total. The Morgan fingerprint density at radius 2 is 1.30 bits per heavy atom. The van der Waals surface area contributed by atoms with E-state index in [1.54, 1.807) is 24.3 Å². The molecule has 188 valence electrons. The molecule has 1 aromatic heterocycles. The number of hydrogen-bond donors (Lipinski definition) is 4. The van der Waals surface area contributed by atoms with Crippen molar-refractivity contribution in [3.8, 4) is 45.4 Å². The van der Waals surface area contributed by atoms with Crippen molar-refractivity contribution < 1.29 is 43.9 Å². The molecule has 1 heterocycles. The first-order valence-electron chi connectivity index (χ1n) is 10.9. The molecule has 0 aliphatic heterocycles. The van der Waals surface area contributed by atoms with Crippen LogP contribution >= 0.6 is 0 Å².